The van der Waals surface area contributed by atoms with Gasteiger partial charge < -0.3 is 15.5 Å². The summed E-state index contributed by atoms with van der Waals surface area (Å²) in [6.45, 7) is 1.33. The molecule has 1 atom stereocenters. The van der Waals surface area contributed by atoms with Gasteiger partial charge in [0.25, 0.3) is 0 Å². The molecule has 0 radical (unpaired) electrons. The molecule has 0 amide bonds. The summed E-state index contributed by atoms with van der Waals surface area (Å²) in [4.78, 5) is 0. The first-order chi connectivity index (χ1) is 9.68. The summed E-state index contributed by atoms with van der Waals surface area (Å²) in [5, 5.41) is 22.5. The zero-order valence-electron chi connectivity index (χ0n) is 10.9. The largest absolute Gasteiger partial charge is 0.504 e. The van der Waals surface area contributed by atoms with E-state index in [2.05, 4.69) is 5.32 Å². The van der Waals surface area contributed by atoms with Crippen molar-refractivity contribution >= 4 is 0 Å². The molecule has 2 aromatic carbocycles. The SMILES string of the molecule is Oc1cc2c(c(F)c1O)CCNC[C@@H]2c1ccccc1. The molecule has 0 aromatic heterocycles. The number of hydrogen-bond acceptors (Lipinski definition) is 3. The zero-order chi connectivity index (χ0) is 14.1. The van der Waals surface area contributed by atoms with Crippen molar-refractivity contribution in [3.05, 3.63) is 58.9 Å². The predicted molar refractivity (Wildman–Crippen MR) is 74.6 cm³/mol. The van der Waals surface area contributed by atoms with Gasteiger partial charge in [0.05, 0.1) is 0 Å². The fourth-order valence-electron chi connectivity index (χ4n) is 2.80. The van der Waals surface area contributed by atoms with Crippen LogP contribution in [0.5, 0.6) is 11.5 Å². The monoisotopic (exact) mass is 273 g/mol. The number of phenols is 2. The molecule has 104 valence electrons. The van der Waals surface area contributed by atoms with Crippen LogP contribution in [-0.2, 0) is 6.42 Å². The molecule has 0 aliphatic carbocycles. The summed E-state index contributed by atoms with van der Waals surface area (Å²) in [6, 6.07) is 11.3. The van der Waals surface area contributed by atoms with Crippen molar-refractivity contribution in [3.63, 3.8) is 0 Å². The molecule has 0 fully saturated rings. The van der Waals surface area contributed by atoms with Crippen molar-refractivity contribution < 1.29 is 14.6 Å². The van der Waals surface area contributed by atoms with Gasteiger partial charge in [0, 0.05) is 12.5 Å². The number of phenolic OH excluding ortho intramolecular Hbond substituents is 2. The lowest BCUT2D eigenvalue weighted by atomic mass is 9.87. The molecule has 0 spiro atoms. The fourth-order valence-corrected chi connectivity index (χ4v) is 2.80. The lowest BCUT2D eigenvalue weighted by Crippen LogP contribution is -2.20. The number of aromatic hydroxyl groups is 2. The van der Waals surface area contributed by atoms with Crippen LogP contribution in [0.4, 0.5) is 4.39 Å². The number of hydrogen-bond donors (Lipinski definition) is 3. The van der Waals surface area contributed by atoms with Crippen LogP contribution in [0.15, 0.2) is 36.4 Å². The van der Waals surface area contributed by atoms with E-state index in [-0.39, 0.29) is 5.92 Å². The van der Waals surface area contributed by atoms with Crippen LogP contribution in [0.2, 0.25) is 0 Å². The van der Waals surface area contributed by atoms with Crippen LogP contribution in [0.1, 0.15) is 22.6 Å². The highest BCUT2D eigenvalue weighted by Gasteiger charge is 2.25. The molecule has 4 heteroatoms. The average Bonchev–Trinajstić information content (AvgIpc) is 2.68. The smallest absolute Gasteiger partial charge is 0.194 e. The van der Waals surface area contributed by atoms with E-state index in [1.54, 1.807) is 0 Å². The van der Waals surface area contributed by atoms with Crippen LogP contribution in [0.25, 0.3) is 0 Å². The molecule has 3 N–H and O–H groups in total. The number of halogens is 1. The molecule has 1 aliphatic heterocycles. The Morgan fingerprint density at radius 3 is 2.65 bits per heavy atom. The lowest BCUT2D eigenvalue weighted by molar-refractivity contribution is 0.375. The average molecular weight is 273 g/mol. The van der Waals surface area contributed by atoms with Crippen molar-refractivity contribution in [1.82, 2.24) is 5.32 Å². The number of rotatable bonds is 1. The van der Waals surface area contributed by atoms with E-state index in [0.29, 0.717) is 25.1 Å². The summed E-state index contributed by atoms with van der Waals surface area (Å²) >= 11 is 0. The summed E-state index contributed by atoms with van der Waals surface area (Å²) in [5.74, 6) is -1.79. The topological polar surface area (TPSA) is 52.5 Å². The second-order valence-corrected chi connectivity index (χ2v) is 5.04. The molecular formula is C16H16FNO2. The van der Waals surface area contributed by atoms with Gasteiger partial charge in [-0.25, -0.2) is 4.39 Å². The zero-order valence-corrected chi connectivity index (χ0v) is 10.9. The van der Waals surface area contributed by atoms with Crippen molar-refractivity contribution in [1.29, 1.82) is 0 Å². The van der Waals surface area contributed by atoms with E-state index < -0.39 is 17.3 Å². The van der Waals surface area contributed by atoms with Crippen LogP contribution in [0, 0.1) is 5.82 Å². The van der Waals surface area contributed by atoms with Crippen LogP contribution < -0.4 is 5.32 Å². The van der Waals surface area contributed by atoms with Gasteiger partial charge in [0.15, 0.2) is 17.3 Å². The highest BCUT2D eigenvalue weighted by Crippen LogP contribution is 2.38. The minimum Gasteiger partial charge on any atom is -0.504 e. The van der Waals surface area contributed by atoms with Crippen molar-refractivity contribution in [2.75, 3.05) is 13.1 Å². The maximum absolute atomic E-state index is 14.2. The molecular weight excluding hydrogens is 257 g/mol. The fraction of sp³-hybridized carbons (Fsp3) is 0.250. The Balaban J connectivity index is 2.17. The minimum atomic E-state index is -0.704. The number of benzene rings is 2. The normalized spacial score (nSPS) is 18.4. The van der Waals surface area contributed by atoms with E-state index in [1.807, 2.05) is 30.3 Å². The summed E-state index contributed by atoms with van der Waals surface area (Å²) in [6.07, 6.45) is 0.498. The first-order valence-electron chi connectivity index (χ1n) is 6.67. The highest BCUT2D eigenvalue weighted by molar-refractivity contribution is 5.51. The summed E-state index contributed by atoms with van der Waals surface area (Å²) < 4.78 is 14.2. The summed E-state index contributed by atoms with van der Waals surface area (Å²) in [5.41, 5.74) is 2.29. The van der Waals surface area contributed by atoms with Gasteiger partial charge in [-0.05, 0) is 35.7 Å². The molecule has 0 saturated heterocycles. The Kier molecular flexibility index (Phi) is 3.32. The minimum absolute atomic E-state index is 0.0327. The standard InChI is InChI=1S/C16H16FNO2/c17-15-11-6-7-18-9-13(10-4-2-1-3-5-10)12(11)8-14(19)16(15)20/h1-5,8,13,18-20H,6-7,9H2/t13-/m1/s1. The number of fused-ring (bicyclic) bond motifs is 1. The second-order valence-electron chi connectivity index (χ2n) is 5.04. The van der Waals surface area contributed by atoms with E-state index >= 15 is 0 Å². The van der Waals surface area contributed by atoms with Crippen LogP contribution in [0.3, 0.4) is 0 Å². The van der Waals surface area contributed by atoms with Crippen molar-refractivity contribution in [2.24, 2.45) is 0 Å². The quantitative estimate of drug-likeness (QED) is 0.700. The van der Waals surface area contributed by atoms with Crippen molar-refractivity contribution in [3.8, 4) is 11.5 Å². The molecule has 1 aliphatic rings. The first kappa shape index (κ1) is 12.9. The van der Waals surface area contributed by atoms with Gasteiger partial charge in [-0.15, -0.1) is 0 Å². The number of nitrogens with one attached hydrogen (secondary N) is 1. The first-order valence-corrected chi connectivity index (χ1v) is 6.67. The molecule has 20 heavy (non-hydrogen) atoms. The lowest BCUT2D eigenvalue weighted by Gasteiger charge is -2.19. The third kappa shape index (κ3) is 2.12. The van der Waals surface area contributed by atoms with Crippen molar-refractivity contribution in [2.45, 2.75) is 12.3 Å². The Labute approximate surface area is 116 Å². The van der Waals surface area contributed by atoms with Crippen LogP contribution in [-0.4, -0.2) is 23.3 Å². The maximum Gasteiger partial charge on any atom is 0.194 e. The molecule has 2 aromatic rings. The van der Waals surface area contributed by atoms with E-state index in [9.17, 15) is 14.6 Å². The Morgan fingerprint density at radius 1 is 1.15 bits per heavy atom. The Hall–Kier alpha value is -2.07. The van der Waals surface area contributed by atoms with E-state index in [1.165, 1.54) is 6.07 Å². The highest BCUT2D eigenvalue weighted by atomic mass is 19.1. The van der Waals surface area contributed by atoms with E-state index in [4.69, 9.17) is 0 Å². The van der Waals surface area contributed by atoms with Gasteiger partial charge in [-0.2, -0.15) is 0 Å². The molecule has 3 rings (SSSR count). The van der Waals surface area contributed by atoms with Gasteiger partial charge in [0.1, 0.15) is 0 Å². The van der Waals surface area contributed by atoms with Gasteiger partial charge >= 0.3 is 0 Å². The Bertz CT molecular complexity index is 628. The van der Waals surface area contributed by atoms with Gasteiger partial charge in [-0.3, -0.25) is 0 Å². The molecule has 0 unspecified atom stereocenters. The van der Waals surface area contributed by atoms with Gasteiger partial charge in [-0.1, -0.05) is 30.3 Å². The third-order valence-corrected chi connectivity index (χ3v) is 3.83. The van der Waals surface area contributed by atoms with E-state index in [0.717, 1.165) is 11.1 Å². The van der Waals surface area contributed by atoms with Gasteiger partial charge in [0.2, 0.25) is 0 Å². The molecule has 3 nitrogen and oxygen atoms in total. The molecule has 0 bridgehead atoms. The maximum atomic E-state index is 14.2. The van der Waals surface area contributed by atoms with Crippen LogP contribution >= 0.6 is 0 Å². The summed E-state index contributed by atoms with van der Waals surface area (Å²) in [7, 11) is 0. The third-order valence-electron chi connectivity index (χ3n) is 3.83. The Morgan fingerprint density at radius 2 is 1.90 bits per heavy atom. The predicted octanol–water partition coefficient (Wildman–Crippen LogP) is 2.51. The second kappa shape index (κ2) is 5.13. The molecule has 0 saturated carbocycles. The molecule has 1 heterocycles.